The third-order valence-electron chi connectivity index (χ3n) is 5.98. The van der Waals surface area contributed by atoms with Gasteiger partial charge in [0, 0.05) is 12.6 Å². The van der Waals surface area contributed by atoms with E-state index < -0.39 is 43.3 Å². The molecule has 1 aliphatic rings. The number of halogens is 2. The summed E-state index contributed by atoms with van der Waals surface area (Å²) >= 11 is 0. The van der Waals surface area contributed by atoms with Crippen molar-refractivity contribution in [2.75, 3.05) is 13.1 Å². The van der Waals surface area contributed by atoms with Gasteiger partial charge in [0.25, 0.3) is 11.8 Å². The summed E-state index contributed by atoms with van der Waals surface area (Å²) in [7, 11) is 0. The number of rotatable bonds is 6. The Morgan fingerprint density at radius 2 is 1.75 bits per heavy atom. The van der Waals surface area contributed by atoms with Crippen LogP contribution in [0.4, 0.5) is 8.78 Å². The second-order valence-corrected chi connectivity index (χ2v) is 8.62. The predicted octanol–water partition coefficient (Wildman–Crippen LogP) is 3.27. The van der Waals surface area contributed by atoms with Crippen LogP contribution < -0.4 is 5.32 Å². The molecule has 182 valence electrons. The Kier molecular flexibility index (Phi) is 6.80. The van der Waals surface area contributed by atoms with Gasteiger partial charge in [-0.15, -0.1) is 0 Å². The van der Waals surface area contributed by atoms with Crippen molar-refractivity contribution in [1.29, 1.82) is 10.5 Å². The van der Waals surface area contributed by atoms with Crippen LogP contribution >= 0.6 is 0 Å². The summed E-state index contributed by atoms with van der Waals surface area (Å²) < 4.78 is 28.8. The lowest BCUT2D eigenvalue weighted by Crippen LogP contribution is -2.43. The lowest BCUT2D eigenvalue weighted by molar-refractivity contribution is -0.131. The highest BCUT2D eigenvalue weighted by Crippen LogP contribution is 2.31. The van der Waals surface area contributed by atoms with Crippen molar-refractivity contribution >= 4 is 11.8 Å². The molecule has 1 fully saturated rings. The van der Waals surface area contributed by atoms with E-state index >= 15 is 0 Å². The van der Waals surface area contributed by atoms with Crippen molar-refractivity contribution in [3.63, 3.8) is 0 Å². The van der Waals surface area contributed by atoms with Crippen LogP contribution in [0.15, 0.2) is 54.7 Å². The first-order chi connectivity index (χ1) is 17.2. The van der Waals surface area contributed by atoms with Crippen molar-refractivity contribution < 1.29 is 18.4 Å². The molecular formula is C26H22F2N6O2. The van der Waals surface area contributed by atoms with E-state index in [0.717, 1.165) is 21.6 Å². The Bertz CT molecular complexity index is 1370. The molecule has 36 heavy (non-hydrogen) atoms. The van der Waals surface area contributed by atoms with E-state index in [1.54, 1.807) is 36.0 Å². The monoisotopic (exact) mass is 488 g/mol. The van der Waals surface area contributed by atoms with Gasteiger partial charge in [-0.1, -0.05) is 36.4 Å². The maximum Gasteiger partial charge on any atom is 0.268 e. The van der Waals surface area contributed by atoms with E-state index in [-0.39, 0.29) is 5.56 Å². The highest BCUT2D eigenvalue weighted by atomic mass is 19.3. The zero-order chi connectivity index (χ0) is 25.9. The standard InChI is InChI=1S/C26H22F2N6O2/c1-17-23(25(36)31-13-24(35)34-16-26(27,28)10-22(34)12-30)15-33(32-17)14-19-4-8-21(9-5-19)20-6-2-18(11-29)3-7-20/h2-9,15,22H,10,13-14,16H2,1H3,(H,31,36)/t22-/m0/s1. The van der Waals surface area contributed by atoms with Crippen molar-refractivity contribution in [2.45, 2.75) is 31.9 Å². The van der Waals surface area contributed by atoms with Crippen molar-refractivity contribution in [3.05, 3.63) is 77.1 Å². The number of aryl methyl sites for hydroxylation is 1. The molecule has 2 amide bonds. The molecular weight excluding hydrogens is 466 g/mol. The summed E-state index contributed by atoms with van der Waals surface area (Å²) in [6, 6.07) is 17.7. The summed E-state index contributed by atoms with van der Waals surface area (Å²) in [5.74, 6) is -4.40. The van der Waals surface area contributed by atoms with Crippen LogP contribution in [0.3, 0.4) is 0 Å². The van der Waals surface area contributed by atoms with Crippen LogP contribution in [-0.4, -0.2) is 51.5 Å². The number of likely N-dealkylation sites (tertiary alicyclic amines) is 1. The van der Waals surface area contributed by atoms with E-state index in [4.69, 9.17) is 10.5 Å². The first kappa shape index (κ1) is 24.6. The molecule has 1 aromatic heterocycles. The number of aromatic nitrogens is 2. The number of amides is 2. The normalized spacial score (nSPS) is 16.2. The number of carbonyl (C=O) groups is 2. The molecule has 0 spiro atoms. The van der Waals surface area contributed by atoms with Crippen LogP contribution in [0.1, 0.15) is 33.6 Å². The molecule has 0 unspecified atom stereocenters. The van der Waals surface area contributed by atoms with Gasteiger partial charge >= 0.3 is 0 Å². The smallest absolute Gasteiger partial charge is 0.268 e. The second-order valence-electron chi connectivity index (χ2n) is 8.62. The van der Waals surface area contributed by atoms with Crippen LogP contribution in [0.5, 0.6) is 0 Å². The van der Waals surface area contributed by atoms with E-state index in [0.29, 0.717) is 17.8 Å². The molecule has 8 nitrogen and oxygen atoms in total. The number of nitriles is 2. The van der Waals surface area contributed by atoms with Gasteiger partial charge in [0.1, 0.15) is 6.04 Å². The summed E-state index contributed by atoms with van der Waals surface area (Å²) in [6.45, 7) is 0.747. The van der Waals surface area contributed by atoms with Crippen LogP contribution in [0.2, 0.25) is 0 Å². The zero-order valence-electron chi connectivity index (χ0n) is 19.4. The van der Waals surface area contributed by atoms with Gasteiger partial charge in [-0.25, -0.2) is 8.78 Å². The molecule has 0 aliphatic carbocycles. The summed E-state index contributed by atoms with van der Waals surface area (Å²) in [6.07, 6.45) is 0.856. The van der Waals surface area contributed by atoms with E-state index in [1.807, 2.05) is 36.4 Å². The lowest BCUT2D eigenvalue weighted by atomic mass is 10.0. The van der Waals surface area contributed by atoms with Gasteiger partial charge in [-0.3, -0.25) is 14.3 Å². The highest BCUT2D eigenvalue weighted by molar-refractivity contribution is 5.97. The maximum atomic E-state index is 13.6. The van der Waals surface area contributed by atoms with Gasteiger partial charge in [-0.2, -0.15) is 15.6 Å². The predicted molar refractivity (Wildman–Crippen MR) is 126 cm³/mol. The first-order valence-corrected chi connectivity index (χ1v) is 11.2. The molecule has 2 aromatic carbocycles. The largest absolute Gasteiger partial charge is 0.343 e. The fourth-order valence-corrected chi connectivity index (χ4v) is 4.10. The second kappa shape index (κ2) is 9.96. The topological polar surface area (TPSA) is 115 Å². The molecule has 1 atom stereocenters. The highest BCUT2D eigenvalue weighted by Gasteiger charge is 2.47. The number of hydrogen-bond donors (Lipinski definition) is 1. The molecule has 0 bridgehead atoms. The Morgan fingerprint density at radius 1 is 1.11 bits per heavy atom. The Labute approximate surface area is 206 Å². The molecule has 4 rings (SSSR count). The maximum absolute atomic E-state index is 13.6. The molecule has 1 N–H and O–H groups in total. The molecule has 1 saturated heterocycles. The van der Waals surface area contributed by atoms with Gasteiger partial charge < -0.3 is 10.2 Å². The fourth-order valence-electron chi connectivity index (χ4n) is 4.10. The number of alkyl halides is 2. The molecule has 10 heteroatoms. The molecule has 0 saturated carbocycles. The molecule has 1 aliphatic heterocycles. The average Bonchev–Trinajstić information content (AvgIpc) is 3.40. The minimum Gasteiger partial charge on any atom is -0.343 e. The number of nitrogens with zero attached hydrogens (tertiary/aromatic N) is 5. The van der Waals surface area contributed by atoms with Crippen molar-refractivity contribution in [3.8, 4) is 23.3 Å². The Balaban J connectivity index is 1.36. The van der Waals surface area contributed by atoms with Gasteiger partial charge in [-0.05, 0) is 35.7 Å². The summed E-state index contributed by atoms with van der Waals surface area (Å²) in [5.41, 5.74) is 4.26. The third-order valence-corrected chi connectivity index (χ3v) is 5.98. The SMILES string of the molecule is Cc1nn(Cc2ccc(-c3ccc(C#N)cc3)cc2)cc1C(=O)NCC(=O)N1CC(F)(F)C[C@H]1C#N. The molecule has 3 aromatic rings. The van der Waals surface area contributed by atoms with Crippen molar-refractivity contribution in [2.24, 2.45) is 0 Å². The number of nitrogens with one attached hydrogen (secondary N) is 1. The quantitative estimate of drug-likeness (QED) is 0.572. The molecule has 0 radical (unpaired) electrons. The Morgan fingerprint density at radius 3 is 2.36 bits per heavy atom. The van der Waals surface area contributed by atoms with Gasteiger partial charge in [0.05, 0.1) is 48.6 Å². The van der Waals surface area contributed by atoms with Crippen LogP contribution in [0.25, 0.3) is 11.1 Å². The minimum atomic E-state index is -3.11. The van der Waals surface area contributed by atoms with E-state index in [1.165, 1.54) is 0 Å². The van der Waals surface area contributed by atoms with E-state index in [9.17, 15) is 18.4 Å². The van der Waals surface area contributed by atoms with Gasteiger partial charge in [0.2, 0.25) is 5.91 Å². The molecule has 2 heterocycles. The zero-order valence-corrected chi connectivity index (χ0v) is 19.4. The first-order valence-electron chi connectivity index (χ1n) is 11.2. The van der Waals surface area contributed by atoms with Crippen LogP contribution in [-0.2, 0) is 11.3 Å². The number of benzene rings is 2. The Hall–Kier alpha value is -4.57. The minimum absolute atomic E-state index is 0.264. The van der Waals surface area contributed by atoms with Crippen molar-refractivity contribution in [1.82, 2.24) is 20.0 Å². The lowest BCUT2D eigenvalue weighted by Gasteiger charge is -2.19. The fraction of sp³-hybridized carbons (Fsp3) is 0.269. The van der Waals surface area contributed by atoms with Gasteiger partial charge in [0.15, 0.2) is 0 Å². The number of carbonyl (C=O) groups excluding carboxylic acids is 2. The summed E-state index contributed by atoms with van der Waals surface area (Å²) in [4.78, 5) is 25.7. The third kappa shape index (κ3) is 5.39. The average molecular weight is 488 g/mol. The van der Waals surface area contributed by atoms with E-state index in [2.05, 4.69) is 16.5 Å². The summed E-state index contributed by atoms with van der Waals surface area (Å²) in [5, 5.41) is 24.8. The van der Waals surface area contributed by atoms with Crippen LogP contribution in [0, 0.1) is 29.6 Å². The number of hydrogen-bond acceptors (Lipinski definition) is 5.